The maximum atomic E-state index is 12.9. The Bertz CT molecular complexity index is 1150. The van der Waals surface area contributed by atoms with Gasteiger partial charge >= 0.3 is 0 Å². The minimum absolute atomic E-state index is 0.128. The molecule has 2 N–H and O–H groups in total. The largest absolute Gasteiger partial charge is 0.459 e. The Balaban J connectivity index is 1.71. The van der Waals surface area contributed by atoms with Crippen molar-refractivity contribution >= 4 is 39.2 Å². The molecule has 144 valence electrons. The van der Waals surface area contributed by atoms with E-state index in [-0.39, 0.29) is 17.1 Å². The van der Waals surface area contributed by atoms with Gasteiger partial charge < -0.3 is 15.1 Å². The van der Waals surface area contributed by atoms with E-state index in [9.17, 15) is 9.59 Å². The van der Waals surface area contributed by atoms with E-state index in [1.807, 2.05) is 48.5 Å². The third kappa shape index (κ3) is 3.97. The summed E-state index contributed by atoms with van der Waals surface area (Å²) < 4.78 is 7.39. The van der Waals surface area contributed by atoms with Crippen molar-refractivity contribution in [3.63, 3.8) is 0 Å². The molecule has 0 bridgehead atoms. The van der Waals surface area contributed by atoms with Gasteiger partial charge in [-0.1, -0.05) is 30.3 Å². The molecule has 7 nitrogen and oxygen atoms in total. The van der Waals surface area contributed by atoms with Gasteiger partial charge in [-0.3, -0.25) is 9.59 Å². The Morgan fingerprint density at radius 2 is 1.66 bits per heavy atom. The number of furan rings is 1. The van der Waals surface area contributed by atoms with Gasteiger partial charge in [0.25, 0.3) is 11.8 Å². The van der Waals surface area contributed by atoms with Gasteiger partial charge in [0.05, 0.1) is 23.8 Å². The van der Waals surface area contributed by atoms with Crippen molar-refractivity contribution in [2.45, 2.75) is 0 Å². The number of hydrogen-bond acceptors (Lipinski definition) is 4. The summed E-state index contributed by atoms with van der Waals surface area (Å²) >= 11 is 3.41. The number of amides is 2. The number of nitrogens with one attached hydrogen (secondary N) is 2. The van der Waals surface area contributed by atoms with Crippen molar-refractivity contribution in [3.05, 3.63) is 95.0 Å². The monoisotopic (exact) mass is 450 g/mol. The van der Waals surface area contributed by atoms with E-state index < -0.39 is 11.8 Å². The van der Waals surface area contributed by atoms with Gasteiger partial charge in [-0.2, -0.15) is 5.10 Å². The Kier molecular flexibility index (Phi) is 5.26. The number of carbonyl (C=O) groups excluding carboxylic acids is 2. The average molecular weight is 451 g/mol. The minimum Gasteiger partial charge on any atom is -0.459 e. The van der Waals surface area contributed by atoms with Crippen LogP contribution in [0.5, 0.6) is 0 Å². The summed E-state index contributed by atoms with van der Waals surface area (Å²) in [6, 6.07) is 19.6. The topological polar surface area (TPSA) is 89.2 Å². The lowest BCUT2D eigenvalue weighted by molar-refractivity contribution is 0.0996. The summed E-state index contributed by atoms with van der Waals surface area (Å²) in [4.78, 5) is 25.5. The Labute approximate surface area is 174 Å². The first-order chi connectivity index (χ1) is 14.1. The van der Waals surface area contributed by atoms with Crippen molar-refractivity contribution in [2.24, 2.45) is 0 Å². The van der Waals surface area contributed by atoms with Crippen LogP contribution in [0.15, 0.2) is 88.1 Å². The van der Waals surface area contributed by atoms with Gasteiger partial charge in [-0.25, -0.2) is 4.68 Å². The molecule has 0 radical (unpaired) electrons. The van der Waals surface area contributed by atoms with Crippen LogP contribution in [0.25, 0.3) is 5.69 Å². The highest BCUT2D eigenvalue weighted by atomic mass is 79.9. The first-order valence-electron chi connectivity index (χ1n) is 8.67. The highest BCUT2D eigenvalue weighted by Crippen LogP contribution is 2.25. The molecule has 0 saturated heterocycles. The predicted molar refractivity (Wildman–Crippen MR) is 112 cm³/mol. The van der Waals surface area contributed by atoms with E-state index in [2.05, 4.69) is 31.7 Å². The van der Waals surface area contributed by atoms with Gasteiger partial charge in [0, 0.05) is 4.47 Å². The molecule has 2 heterocycles. The van der Waals surface area contributed by atoms with E-state index in [4.69, 9.17) is 4.42 Å². The molecule has 0 saturated carbocycles. The number of hydrogen-bond donors (Lipinski definition) is 2. The molecule has 0 aliphatic heterocycles. The van der Waals surface area contributed by atoms with Crippen LogP contribution in [-0.4, -0.2) is 21.6 Å². The molecule has 2 aromatic carbocycles. The molecule has 8 heteroatoms. The molecule has 0 aliphatic carbocycles. The molecule has 0 spiro atoms. The van der Waals surface area contributed by atoms with E-state index in [1.54, 1.807) is 18.2 Å². The van der Waals surface area contributed by atoms with Crippen molar-refractivity contribution in [2.75, 3.05) is 10.6 Å². The highest BCUT2D eigenvalue weighted by Gasteiger charge is 2.22. The Morgan fingerprint density at radius 1 is 0.897 bits per heavy atom. The van der Waals surface area contributed by atoms with Gasteiger partial charge in [0.1, 0.15) is 11.4 Å². The Hall–Kier alpha value is -3.65. The summed E-state index contributed by atoms with van der Waals surface area (Å²) in [5, 5.41) is 9.87. The molecular weight excluding hydrogens is 436 g/mol. The second-order valence-electron chi connectivity index (χ2n) is 6.02. The fourth-order valence-corrected chi connectivity index (χ4v) is 3.11. The quantitative estimate of drug-likeness (QED) is 0.459. The number of halogens is 1. The number of anilines is 2. The highest BCUT2D eigenvalue weighted by molar-refractivity contribution is 9.10. The third-order valence-electron chi connectivity index (χ3n) is 4.11. The van der Waals surface area contributed by atoms with E-state index in [0.29, 0.717) is 11.4 Å². The normalized spacial score (nSPS) is 10.5. The summed E-state index contributed by atoms with van der Waals surface area (Å²) in [6.07, 6.45) is 2.82. The second kappa shape index (κ2) is 8.15. The van der Waals surface area contributed by atoms with Gasteiger partial charge in [0.15, 0.2) is 5.76 Å². The number of benzene rings is 2. The second-order valence-corrected chi connectivity index (χ2v) is 6.87. The number of rotatable bonds is 5. The van der Waals surface area contributed by atoms with Crippen molar-refractivity contribution in [1.82, 2.24) is 9.78 Å². The van der Waals surface area contributed by atoms with E-state index >= 15 is 0 Å². The zero-order valence-corrected chi connectivity index (χ0v) is 16.6. The van der Waals surface area contributed by atoms with E-state index in [1.165, 1.54) is 17.1 Å². The fourth-order valence-electron chi connectivity index (χ4n) is 2.73. The van der Waals surface area contributed by atoms with Crippen molar-refractivity contribution in [3.8, 4) is 5.69 Å². The number of para-hydroxylation sites is 2. The lowest BCUT2D eigenvalue weighted by atomic mass is 10.2. The zero-order chi connectivity index (χ0) is 20.2. The van der Waals surface area contributed by atoms with Crippen LogP contribution in [0.2, 0.25) is 0 Å². The molecule has 2 aromatic heterocycles. The van der Waals surface area contributed by atoms with Crippen LogP contribution in [-0.2, 0) is 0 Å². The van der Waals surface area contributed by atoms with Crippen molar-refractivity contribution < 1.29 is 14.0 Å². The molecule has 2 amide bonds. The lowest BCUT2D eigenvalue weighted by Crippen LogP contribution is -2.19. The number of nitrogens with zero attached hydrogens (tertiary/aromatic N) is 2. The molecule has 0 atom stereocenters. The average Bonchev–Trinajstić information content (AvgIpc) is 3.41. The molecule has 0 aliphatic rings. The minimum atomic E-state index is -0.484. The molecule has 0 fully saturated rings. The van der Waals surface area contributed by atoms with Crippen LogP contribution < -0.4 is 10.6 Å². The standard InChI is InChI=1S/C21H15BrN4O3/c22-16-9-4-5-10-17(16)24-20(27)15-13-23-26(14-7-2-1-3-8-14)19(15)25-21(28)18-11-6-12-29-18/h1-13H,(H,24,27)(H,25,28). The van der Waals surface area contributed by atoms with Crippen molar-refractivity contribution in [1.29, 1.82) is 0 Å². The third-order valence-corrected chi connectivity index (χ3v) is 4.81. The fraction of sp³-hybridized carbons (Fsp3) is 0. The van der Waals surface area contributed by atoms with Crippen LogP contribution in [0.3, 0.4) is 0 Å². The van der Waals surface area contributed by atoms with Crippen LogP contribution in [0.4, 0.5) is 11.5 Å². The Morgan fingerprint density at radius 3 is 2.38 bits per heavy atom. The van der Waals surface area contributed by atoms with Gasteiger partial charge in [-0.15, -0.1) is 0 Å². The zero-order valence-electron chi connectivity index (χ0n) is 15.0. The first-order valence-corrected chi connectivity index (χ1v) is 9.47. The SMILES string of the molecule is O=C(Nc1c(C(=O)Nc2ccccc2Br)cnn1-c1ccccc1)c1ccco1. The maximum Gasteiger partial charge on any atom is 0.292 e. The lowest BCUT2D eigenvalue weighted by Gasteiger charge is -2.11. The van der Waals surface area contributed by atoms with Crippen LogP contribution in [0.1, 0.15) is 20.9 Å². The summed E-state index contributed by atoms with van der Waals surface area (Å²) in [5.41, 5.74) is 1.51. The number of aromatic nitrogens is 2. The molecule has 0 unspecified atom stereocenters. The van der Waals surface area contributed by atoms with Crippen LogP contribution >= 0.6 is 15.9 Å². The summed E-state index contributed by atoms with van der Waals surface area (Å²) in [5.74, 6) is -0.526. The van der Waals surface area contributed by atoms with E-state index in [0.717, 1.165) is 4.47 Å². The maximum absolute atomic E-state index is 12.9. The smallest absolute Gasteiger partial charge is 0.292 e. The summed E-state index contributed by atoms with van der Waals surface area (Å²) in [6.45, 7) is 0. The molecule has 4 rings (SSSR count). The summed E-state index contributed by atoms with van der Waals surface area (Å²) in [7, 11) is 0. The van der Waals surface area contributed by atoms with Gasteiger partial charge in [-0.05, 0) is 52.3 Å². The first kappa shape index (κ1) is 18.7. The molecule has 29 heavy (non-hydrogen) atoms. The number of carbonyl (C=O) groups is 2. The molecular formula is C21H15BrN4O3. The van der Waals surface area contributed by atoms with Crippen LogP contribution in [0, 0.1) is 0 Å². The molecule has 4 aromatic rings. The predicted octanol–water partition coefficient (Wildman–Crippen LogP) is 4.73. The van der Waals surface area contributed by atoms with Gasteiger partial charge in [0.2, 0.25) is 0 Å².